The number of oxazole rings is 1. The molecule has 1 heterocycles. The summed E-state index contributed by atoms with van der Waals surface area (Å²) in [5.41, 5.74) is 1.38. The predicted octanol–water partition coefficient (Wildman–Crippen LogP) is 2.53. The van der Waals surface area contributed by atoms with Crippen LogP contribution in [0.15, 0.2) is 29.0 Å². The van der Waals surface area contributed by atoms with Crippen LogP contribution < -0.4 is 4.74 Å². The lowest BCUT2D eigenvalue weighted by Crippen LogP contribution is -2.06. The van der Waals surface area contributed by atoms with E-state index in [1.54, 1.807) is 18.2 Å². The fourth-order valence-corrected chi connectivity index (χ4v) is 1.29. The van der Waals surface area contributed by atoms with Gasteiger partial charge in [-0.05, 0) is 18.6 Å². The quantitative estimate of drug-likeness (QED) is 0.570. The lowest BCUT2D eigenvalue weighted by atomic mass is 10.3. The topological polar surface area (TPSA) is 52.3 Å². The van der Waals surface area contributed by atoms with E-state index in [9.17, 15) is 4.79 Å². The number of benzene rings is 1. The first-order valence-corrected chi connectivity index (χ1v) is 4.83. The highest BCUT2D eigenvalue weighted by atomic mass is 16.5. The number of carbonyl (C=O) groups is 1. The number of carbonyl (C=O) groups excluding carboxylic acids is 1. The molecular formula is C11H11NO3. The highest BCUT2D eigenvalue weighted by Crippen LogP contribution is 2.19. The van der Waals surface area contributed by atoms with Gasteiger partial charge in [-0.2, -0.15) is 0 Å². The van der Waals surface area contributed by atoms with E-state index in [0.29, 0.717) is 23.3 Å². The zero-order valence-corrected chi connectivity index (χ0v) is 8.40. The van der Waals surface area contributed by atoms with Gasteiger partial charge in [-0.3, -0.25) is 4.79 Å². The molecule has 0 amide bonds. The van der Waals surface area contributed by atoms with Gasteiger partial charge in [0.1, 0.15) is 11.3 Å². The number of hydrogen-bond donors (Lipinski definition) is 0. The molecule has 1 aromatic heterocycles. The van der Waals surface area contributed by atoms with Crippen molar-refractivity contribution in [3.8, 4) is 5.75 Å². The van der Waals surface area contributed by atoms with Gasteiger partial charge in [0, 0.05) is 12.5 Å². The second-order valence-electron chi connectivity index (χ2n) is 3.21. The molecule has 78 valence electrons. The van der Waals surface area contributed by atoms with Crippen LogP contribution in [0.25, 0.3) is 11.1 Å². The van der Waals surface area contributed by atoms with Crippen molar-refractivity contribution in [1.82, 2.24) is 4.98 Å². The number of esters is 1. The molecular weight excluding hydrogens is 194 g/mol. The molecule has 0 aliphatic rings. The van der Waals surface area contributed by atoms with Crippen LogP contribution in [0, 0.1) is 0 Å². The zero-order valence-electron chi connectivity index (χ0n) is 8.40. The van der Waals surface area contributed by atoms with Gasteiger partial charge in [0.2, 0.25) is 0 Å². The third-order valence-electron chi connectivity index (χ3n) is 1.99. The molecule has 2 aromatic rings. The molecule has 0 radical (unpaired) electrons. The van der Waals surface area contributed by atoms with Gasteiger partial charge >= 0.3 is 5.97 Å². The SMILES string of the molecule is CCCC(=O)Oc1ccc2ocnc2c1. The van der Waals surface area contributed by atoms with Crippen molar-refractivity contribution in [2.24, 2.45) is 0 Å². The van der Waals surface area contributed by atoms with E-state index in [2.05, 4.69) is 4.98 Å². The van der Waals surface area contributed by atoms with E-state index in [4.69, 9.17) is 9.15 Å². The van der Waals surface area contributed by atoms with Gasteiger partial charge in [-0.1, -0.05) is 6.92 Å². The fraction of sp³-hybridized carbons (Fsp3) is 0.273. The highest BCUT2D eigenvalue weighted by molar-refractivity contribution is 5.77. The molecule has 0 fully saturated rings. The number of nitrogens with zero attached hydrogens (tertiary/aromatic N) is 1. The third kappa shape index (κ3) is 2.15. The molecule has 15 heavy (non-hydrogen) atoms. The Bertz CT molecular complexity index is 475. The van der Waals surface area contributed by atoms with Crippen LogP contribution in [-0.2, 0) is 4.79 Å². The van der Waals surface area contributed by atoms with Gasteiger partial charge < -0.3 is 9.15 Å². The first kappa shape index (κ1) is 9.71. The van der Waals surface area contributed by atoms with Crippen molar-refractivity contribution in [3.05, 3.63) is 24.6 Å². The van der Waals surface area contributed by atoms with E-state index >= 15 is 0 Å². The van der Waals surface area contributed by atoms with E-state index in [-0.39, 0.29) is 5.97 Å². The first-order valence-electron chi connectivity index (χ1n) is 4.83. The Labute approximate surface area is 86.9 Å². The first-order chi connectivity index (χ1) is 7.29. The zero-order chi connectivity index (χ0) is 10.7. The van der Waals surface area contributed by atoms with Gasteiger partial charge in [0.25, 0.3) is 0 Å². The van der Waals surface area contributed by atoms with Gasteiger partial charge in [-0.25, -0.2) is 4.98 Å². The molecule has 0 spiro atoms. The van der Waals surface area contributed by atoms with Crippen LogP contribution in [-0.4, -0.2) is 11.0 Å². The summed E-state index contributed by atoms with van der Waals surface area (Å²) < 4.78 is 10.2. The average Bonchev–Trinajstić information content (AvgIpc) is 2.65. The van der Waals surface area contributed by atoms with E-state index in [0.717, 1.165) is 6.42 Å². The maximum Gasteiger partial charge on any atom is 0.311 e. The summed E-state index contributed by atoms with van der Waals surface area (Å²) in [7, 11) is 0. The minimum absolute atomic E-state index is 0.222. The highest BCUT2D eigenvalue weighted by Gasteiger charge is 2.05. The Morgan fingerprint density at radius 1 is 1.53 bits per heavy atom. The minimum Gasteiger partial charge on any atom is -0.443 e. The molecule has 4 nitrogen and oxygen atoms in total. The maximum absolute atomic E-state index is 11.2. The monoisotopic (exact) mass is 205 g/mol. The molecule has 0 saturated heterocycles. The van der Waals surface area contributed by atoms with Crippen LogP contribution in [0.1, 0.15) is 19.8 Å². The molecule has 1 aromatic carbocycles. The largest absolute Gasteiger partial charge is 0.443 e. The molecule has 4 heteroatoms. The number of aromatic nitrogens is 1. The van der Waals surface area contributed by atoms with E-state index < -0.39 is 0 Å². The lowest BCUT2D eigenvalue weighted by molar-refractivity contribution is -0.134. The predicted molar refractivity (Wildman–Crippen MR) is 54.6 cm³/mol. The fourth-order valence-electron chi connectivity index (χ4n) is 1.29. The third-order valence-corrected chi connectivity index (χ3v) is 1.99. The van der Waals surface area contributed by atoms with Crippen molar-refractivity contribution in [2.45, 2.75) is 19.8 Å². The summed E-state index contributed by atoms with van der Waals surface area (Å²) in [5.74, 6) is 0.287. The van der Waals surface area contributed by atoms with Crippen LogP contribution >= 0.6 is 0 Å². The normalized spacial score (nSPS) is 10.5. The van der Waals surface area contributed by atoms with Crippen molar-refractivity contribution >= 4 is 17.1 Å². The molecule has 0 unspecified atom stereocenters. The molecule has 0 N–H and O–H groups in total. The van der Waals surface area contributed by atoms with Crippen molar-refractivity contribution in [3.63, 3.8) is 0 Å². The average molecular weight is 205 g/mol. The van der Waals surface area contributed by atoms with E-state index in [1.807, 2.05) is 6.92 Å². The van der Waals surface area contributed by atoms with Crippen molar-refractivity contribution in [2.75, 3.05) is 0 Å². The summed E-state index contributed by atoms with van der Waals surface area (Å²) in [6.07, 6.45) is 2.57. The number of rotatable bonds is 3. The van der Waals surface area contributed by atoms with E-state index in [1.165, 1.54) is 6.39 Å². The Balaban J connectivity index is 2.17. The Morgan fingerprint density at radius 3 is 3.20 bits per heavy atom. The molecule has 0 bridgehead atoms. The standard InChI is InChI=1S/C11H11NO3/c1-2-3-11(13)15-8-4-5-10-9(6-8)12-7-14-10/h4-7H,2-3H2,1H3. The van der Waals surface area contributed by atoms with Crippen LogP contribution in [0.3, 0.4) is 0 Å². The molecule has 2 rings (SSSR count). The molecule has 0 saturated carbocycles. The number of fused-ring (bicyclic) bond motifs is 1. The summed E-state index contributed by atoms with van der Waals surface area (Å²) >= 11 is 0. The van der Waals surface area contributed by atoms with Gasteiger partial charge in [0.15, 0.2) is 12.0 Å². The summed E-state index contributed by atoms with van der Waals surface area (Å²) in [4.78, 5) is 15.2. The molecule has 0 aliphatic heterocycles. The smallest absolute Gasteiger partial charge is 0.311 e. The number of ether oxygens (including phenoxy) is 1. The van der Waals surface area contributed by atoms with Crippen LogP contribution in [0.4, 0.5) is 0 Å². The van der Waals surface area contributed by atoms with Crippen molar-refractivity contribution < 1.29 is 13.9 Å². The minimum atomic E-state index is -0.222. The van der Waals surface area contributed by atoms with Gasteiger partial charge in [-0.15, -0.1) is 0 Å². The lowest BCUT2D eigenvalue weighted by Gasteiger charge is -2.01. The Kier molecular flexibility index (Phi) is 2.67. The van der Waals surface area contributed by atoms with Gasteiger partial charge in [0.05, 0.1) is 0 Å². The van der Waals surface area contributed by atoms with Crippen LogP contribution in [0.5, 0.6) is 5.75 Å². The summed E-state index contributed by atoms with van der Waals surface area (Å²) in [5, 5.41) is 0. The second-order valence-corrected chi connectivity index (χ2v) is 3.21. The van der Waals surface area contributed by atoms with Crippen LogP contribution in [0.2, 0.25) is 0 Å². The second kappa shape index (κ2) is 4.13. The maximum atomic E-state index is 11.2. The Hall–Kier alpha value is -1.84. The number of hydrogen-bond acceptors (Lipinski definition) is 4. The Morgan fingerprint density at radius 2 is 2.40 bits per heavy atom. The molecule has 0 atom stereocenters. The summed E-state index contributed by atoms with van der Waals surface area (Å²) in [6, 6.07) is 5.12. The molecule has 0 aliphatic carbocycles. The summed E-state index contributed by atoms with van der Waals surface area (Å²) in [6.45, 7) is 1.93. The van der Waals surface area contributed by atoms with Crippen molar-refractivity contribution in [1.29, 1.82) is 0 Å².